The number of ketones is 2. The molecule has 0 spiro atoms. The molecule has 0 aliphatic rings. The maximum Gasteiger partial charge on any atom is 0.310 e. The highest BCUT2D eigenvalue weighted by Crippen LogP contribution is 1.92. The largest absolute Gasteiger partial charge is 0.481 e. The Hall–Kier alpha value is -1.72. The number of hydrogen-bond donors (Lipinski definition) is 2. The molecule has 0 heterocycles. The van der Waals surface area contributed by atoms with Crippen LogP contribution in [0, 0.1) is 0 Å². The normalized spacial score (nSPS) is 8.62. The van der Waals surface area contributed by atoms with Crippen molar-refractivity contribution in [3.05, 3.63) is 0 Å². The predicted octanol–water partition coefficient (Wildman–Crippen LogP) is 0.880. The molecule has 0 unspecified atom stereocenters. The SMILES string of the molecule is CC(=O)CC(=O)O.CCCC(=O)CC(=O)O. The van der Waals surface area contributed by atoms with Crippen LogP contribution in [0.2, 0.25) is 0 Å². The van der Waals surface area contributed by atoms with Gasteiger partial charge in [0.15, 0.2) is 0 Å². The molecule has 6 nitrogen and oxygen atoms in total. The number of carbonyl (C=O) groups excluding carboxylic acids is 2. The summed E-state index contributed by atoms with van der Waals surface area (Å²) >= 11 is 0. The first-order chi connectivity index (χ1) is 7.29. The predicted molar refractivity (Wildman–Crippen MR) is 55.1 cm³/mol. The lowest BCUT2D eigenvalue weighted by Gasteiger charge is -1.90. The van der Waals surface area contributed by atoms with Gasteiger partial charge in [-0.1, -0.05) is 6.92 Å². The minimum atomic E-state index is -1.06. The lowest BCUT2D eigenvalue weighted by Crippen LogP contribution is -2.05. The molecule has 92 valence electrons. The van der Waals surface area contributed by atoms with Crippen molar-refractivity contribution in [3.8, 4) is 0 Å². The second kappa shape index (κ2) is 9.82. The van der Waals surface area contributed by atoms with Crippen LogP contribution in [-0.4, -0.2) is 33.7 Å². The highest BCUT2D eigenvalue weighted by molar-refractivity contribution is 5.94. The Morgan fingerprint density at radius 2 is 1.38 bits per heavy atom. The topological polar surface area (TPSA) is 109 Å². The van der Waals surface area contributed by atoms with Gasteiger partial charge in [0.05, 0.1) is 0 Å². The van der Waals surface area contributed by atoms with E-state index < -0.39 is 11.9 Å². The number of aliphatic carboxylic acids is 2. The standard InChI is InChI=1S/C6H10O3.C4H6O3/c1-2-3-5(7)4-6(8)9;1-3(5)2-4(6)7/h2-4H2,1H3,(H,8,9);2H2,1H3,(H,6,7). The highest BCUT2D eigenvalue weighted by atomic mass is 16.4. The molecule has 0 saturated carbocycles. The Bertz CT molecular complexity index is 256. The molecule has 0 bridgehead atoms. The zero-order valence-corrected chi connectivity index (χ0v) is 9.36. The van der Waals surface area contributed by atoms with Crippen LogP contribution in [0.5, 0.6) is 0 Å². The second-order valence-corrected chi connectivity index (χ2v) is 3.13. The smallest absolute Gasteiger partial charge is 0.310 e. The third-order valence-corrected chi connectivity index (χ3v) is 1.28. The van der Waals surface area contributed by atoms with Crippen LogP contribution >= 0.6 is 0 Å². The first-order valence-corrected chi connectivity index (χ1v) is 4.74. The summed E-state index contributed by atoms with van der Waals surface area (Å²) in [6.07, 6.45) is 0.423. The van der Waals surface area contributed by atoms with Gasteiger partial charge in [-0.05, 0) is 13.3 Å². The highest BCUT2D eigenvalue weighted by Gasteiger charge is 2.04. The van der Waals surface area contributed by atoms with Crippen LogP contribution in [0.15, 0.2) is 0 Å². The van der Waals surface area contributed by atoms with Gasteiger partial charge >= 0.3 is 11.9 Å². The third-order valence-electron chi connectivity index (χ3n) is 1.28. The van der Waals surface area contributed by atoms with Gasteiger partial charge in [0.2, 0.25) is 0 Å². The van der Waals surface area contributed by atoms with Gasteiger partial charge in [-0.3, -0.25) is 19.2 Å². The maximum atomic E-state index is 10.5. The lowest BCUT2D eigenvalue weighted by molar-refractivity contribution is -0.141. The fraction of sp³-hybridized carbons (Fsp3) is 0.600. The molecule has 6 heteroatoms. The Morgan fingerprint density at radius 1 is 0.938 bits per heavy atom. The molecule has 0 fully saturated rings. The van der Waals surface area contributed by atoms with E-state index in [1.807, 2.05) is 6.92 Å². The molecule has 0 saturated heterocycles. The van der Waals surface area contributed by atoms with Crippen LogP contribution < -0.4 is 0 Å². The van der Waals surface area contributed by atoms with E-state index in [4.69, 9.17) is 10.2 Å². The zero-order valence-electron chi connectivity index (χ0n) is 9.36. The van der Waals surface area contributed by atoms with Gasteiger partial charge in [-0.25, -0.2) is 0 Å². The number of carbonyl (C=O) groups is 4. The van der Waals surface area contributed by atoms with Gasteiger partial charge in [-0.2, -0.15) is 0 Å². The summed E-state index contributed by atoms with van der Waals surface area (Å²) < 4.78 is 0. The van der Waals surface area contributed by atoms with Gasteiger partial charge in [0.25, 0.3) is 0 Å². The molecule has 0 aromatic rings. The van der Waals surface area contributed by atoms with E-state index in [9.17, 15) is 19.2 Å². The second-order valence-electron chi connectivity index (χ2n) is 3.13. The fourth-order valence-electron chi connectivity index (χ4n) is 0.749. The van der Waals surface area contributed by atoms with E-state index in [1.165, 1.54) is 6.92 Å². The summed E-state index contributed by atoms with van der Waals surface area (Å²) in [6, 6.07) is 0. The summed E-state index contributed by atoms with van der Waals surface area (Å²) in [7, 11) is 0. The molecule has 2 N–H and O–H groups in total. The Morgan fingerprint density at radius 3 is 1.56 bits per heavy atom. The van der Waals surface area contributed by atoms with Crippen molar-refractivity contribution in [2.24, 2.45) is 0 Å². The van der Waals surface area contributed by atoms with Crippen LogP contribution in [0.25, 0.3) is 0 Å². The van der Waals surface area contributed by atoms with Gasteiger partial charge < -0.3 is 10.2 Å². The van der Waals surface area contributed by atoms with Crippen LogP contribution in [0.3, 0.4) is 0 Å². The summed E-state index contributed by atoms with van der Waals surface area (Å²) in [6.45, 7) is 3.09. The molecule has 0 atom stereocenters. The van der Waals surface area contributed by atoms with Crippen molar-refractivity contribution in [2.45, 2.75) is 39.5 Å². The Labute approximate surface area is 93.3 Å². The molecule has 0 aromatic heterocycles. The molecule has 0 amide bonds. The van der Waals surface area contributed by atoms with Crippen LogP contribution in [0.1, 0.15) is 39.5 Å². The molecule has 0 aliphatic carbocycles. The van der Waals surface area contributed by atoms with Crippen LogP contribution in [-0.2, 0) is 19.2 Å². The van der Waals surface area contributed by atoms with E-state index in [-0.39, 0.29) is 24.4 Å². The molecule has 16 heavy (non-hydrogen) atoms. The average Bonchev–Trinajstić information content (AvgIpc) is 2.00. The van der Waals surface area contributed by atoms with Gasteiger partial charge in [0.1, 0.15) is 24.4 Å². The summed E-state index contributed by atoms with van der Waals surface area (Å²) in [5, 5.41) is 16.0. The first kappa shape index (κ1) is 16.7. The van der Waals surface area contributed by atoms with Gasteiger partial charge in [-0.15, -0.1) is 0 Å². The number of carboxylic acid groups (broad SMARTS) is 2. The molecule has 0 aliphatic heterocycles. The van der Waals surface area contributed by atoms with Crippen LogP contribution in [0.4, 0.5) is 0 Å². The van der Waals surface area contributed by atoms with E-state index in [2.05, 4.69) is 0 Å². The van der Waals surface area contributed by atoms with E-state index in [0.29, 0.717) is 6.42 Å². The lowest BCUT2D eigenvalue weighted by atomic mass is 10.2. The first-order valence-electron chi connectivity index (χ1n) is 4.74. The van der Waals surface area contributed by atoms with Crippen molar-refractivity contribution >= 4 is 23.5 Å². The van der Waals surface area contributed by atoms with E-state index in [1.54, 1.807) is 0 Å². The van der Waals surface area contributed by atoms with Crippen molar-refractivity contribution in [2.75, 3.05) is 0 Å². The zero-order chi connectivity index (χ0) is 13.1. The summed E-state index contributed by atoms with van der Waals surface area (Å²) in [4.78, 5) is 39.8. The van der Waals surface area contributed by atoms with Gasteiger partial charge in [0, 0.05) is 6.42 Å². The number of rotatable bonds is 6. The molecule has 0 rings (SSSR count). The average molecular weight is 232 g/mol. The van der Waals surface area contributed by atoms with Crippen molar-refractivity contribution in [1.29, 1.82) is 0 Å². The number of hydrogen-bond acceptors (Lipinski definition) is 4. The quantitative estimate of drug-likeness (QED) is 0.658. The van der Waals surface area contributed by atoms with E-state index in [0.717, 1.165) is 6.42 Å². The fourth-order valence-corrected chi connectivity index (χ4v) is 0.749. The summed E-state index contributed by atoms with van der Waals surface area (Å²) in [5.41, 5.74) is 0. The maximum absolute atomic E-state index is 10.5. The van der Waals surface area contributed by atoms with Crippen molar-refractivity contribution in [1.82, 2.24) is 0 Å². The Kier molecular flexibility index (Phi) is 10.3. The van der Waals surface area contributed by atoms with E-state index >= 15 is 0 Å². The molecule has 0 radical (unpaired) electrons. The minimum Gasteiger partial charge on any atom is -0.481 e. The minimum absolute atomic E-state index is 0.190. The van der Waals surface area contributed by atoms with Crippen molar-refractivity contribution < 1.29 is 29.4 Å². The Balaban J connectivity index is 0. The molecular formula is C10H16O6. The molecular weight excluding hydrogens is 216 g/mol. The third kappa shape index (κ3) is 18.1. The number of carboxylic acids is 2. The van der Waals surface area contributed by atoms with Crippen molar-refractivity contribution in [3.63, 3.8) is 0 Å². The summed E-state index contributed by atoms with van der Waals surface area (Å²) in [5.74, 6) is -2.60. The number of Topliss-reactive ketones (excluding diaryl/α,β-unsaturated/α-hetero) is 2. The monoisotopic (exact) mass is 232 g/mol. The molecule has 0 aromatic carbocycles.